The number of aromatic nitrogens is 4. The maximum Gasteiger partial charge on any atom is 0.287 e. The van der Waals surface area contributed by atoms with Crippen LogP contribution in [0.1, 0.15) is 6.92 Å². The number of imidazole rings is 1. The molecule has 0 atom stereocenters. The summed E-state index contributed by atoms with van der Waals surface area (Å²) >= 11 is 14.0. The maximum absolute atomic E-state index is 13.5. The number of hydrogen-bond acceptors (Lipinski definition) is 5. The number of hydrogen-bond donors (Lipinski definition) is 0. The number of benzene rings is 2. The first kappa shape index (κ1) is 20.1. The highest BCUT2D eigenvalue weighted by Gasteiger charge is 2.21. The Kier molecular flexibility index (Phi) is 4.97. The molecule has 0 saturated heterocycles. The highest BCUT2D eigenvalue weighted by Crippen LogP contribution is 2.37. The average Bonchev–Trinajstić information content (AvgIpc) is 3.37. The summed E-state index contributed by atoms with van der Waals surface area (Å²) < 4.78 is 4.54. The van der Waals surface area contributed by atoms with E-state index in [-0.39, 0.29) is 5.56 Å². The van der Waals surface area contributed by atoms with Crippen molar-refractivity contribution in [3.8, 4) is 5.69 Å². The van der Waals surface area contributed by atoms with Crippen LogP contribution < -0.4 is 10.5 Å². The summed E-state index contributed by atoms with van der Waals surface area (Å²) in [5.41, 5.74) is 2.22. The van der Waals surface area contributed by atoms with Crippen LogP contribution >= 0.6 is 34.5 Å². The first-order valence-electron chi connectivity index (χ1n) is 9.62. The van der Waals surface area contributed by atoms with Gasteiger partial charge in [0.15, 0.2) is 11.2 Å². The number of rotatable bonds is 4. The van der Waals surface area contributed by atoms with E-state index in [0.29, 0.717) is 39.4 Å². The van der Waals surface area contributed by atoms with E-state index in [1.54, 1.807) is 46.5 Å². The summed E-state index contributed by atoms with van der Waals surface area (Å²) in [7, 11) is 1.90. The van der Waals surface area contributed by atoms with E-state index in [0.717, 1.165) is 15.8 Å². The molecule has 0 saturated carbocycles. The van der Waals surface area contributed by atoms with Crippen molar-refractivity contribution in [2.75, 3.05) is 11.9 Å². The van der Waals surface area contributed by atoms with Crippen molar-refractivity contribution in [2.24, 2.45) is 0 Å². The Morgan fingerprint density at radius 3 is 2.58 bits per heavy atom. The molecule has 156 valence electrons. The molecule has 0 aliphatic rings. The summed E-state index contributed by atoms with van der Waals surface area (Å²) in [6.07, 6.45) is 1.65. The van der Waals surface area contributed by atoms with Gasteiger partial charge in [-0.1, -0.05) is 23.2 Å². The quantitative estimate of drug-likeness (QED) is 0.329. The molecule has 0 spiro atoms. The third-order valence-corrected chi connectivity index (χ3v) is 6.66. The normalized spacial score (nSPS) is 11.5. The van der Waals surface area contributed by atoms with Crippen LogP contribution in [0.5, 0.6) is 0 Å². The van der Waals surface area contributed by atoms with Gasteiger partial charge in [-0.05, 0) is 49.4 Å². The molecule has 0 amide bonds. The van der Waals surface area contributed by atoms with Gasteiger partial charge in [0.25, 0.3) is 5.56 Å². The molecule has 6 nitrogen and oxygen atoms in total. The molecule has 2 aromatic carbocycles. The largest absolute Gasteiger partial charge is 0.315 e. The fraction of sp³-hybridized carbons (Fsp3) is 0.136. The number of aryl methyl sites for hydroxylation is 1. The Bertz CT molecular complexity index is 1490. The summed E-state index contributed by atoms with van der Waals surface area (Å²) in [5.74, 6) is 0.481. The van der Waals surface area contributed by atoms with Crippen molar-refractivity contribution in [3.63, 3.8) is 0 Å². The van der Waals surface area contributed by atoms with Gasteiger partial charge in [-0.15, -0.1) is 11.3 Å². The predicted octanol–water partition coefficient (Wildman–Crippen LogP) is 5.89. The second-order valence-corrected chi connectivity index (χ2v) is 8.84. The van der Waals surface area contributed by atoms with Crippen molar-refractivity contribution in [1.82, 2.24) is 19.1 Å². The fourth-order valence-electron chi connectivity index (χ4n) is 3.62. The van der Waals surface area contributed by atoms with Gasteiger partial charge in [-0.2, -0.15) is 4.98 Å². The number of fused-ring (bicyclic) bond motifs is 2. The van der Waals surface area contributed by atoms with E-state index in [2.05, 4.69) is 4.98 Å². The Morgan fingerprint density at radius 2 is 1.84 bits per heavy atom. The molecule has 0 N–H and O–H groups in total. The molecule has 0 aliphatic carbocycles. The van der Waals surface area contributed by atoms with Crippen molar-refractivity contribution in [1.29, 1.82) is 0 Å². The second-order valence-electron chi connectivity index (χ2n) is 7.05. The van der Waals surface area contributed by atoms with E-state index in [4.69, 9.17) is 28.2 Å². The number of nitrogens with zero attached hydrogens (tertiary/aromatic N) is 5. The highest BCUT2D eigenvalue weighted by atomic mass is 35.5. The molecule has 5 rings (SSSR count). The summed E-state index contributed by atoms with van der Waals surface area (Å²) in [6, 6.07) is 12.9. The van der Waals surface area contributed by atoms with Crippen LogP contribution in [0.2, 0.25) is 10.0 Å². The molecule has 0 aliphatic heterocycles. The van der Waals surface area contributed by atoms with Gasteiger partial charge in [0.1, 0.15) is 0 Å². The van der Waals surface area contributed by atoms with E-state index < -0.39 is 0 Å². The predicted molar refractivity (Wildman–Crippen MR) is 129 cm³/mol. The number of halogens is 2. The molecule has 5 aromatic rings. The third-order valence-electron chi connectivity index (χ3n) is 5.22. The lowest BCUT2D eigenvalue weighted by Gasteiger charge is -2.22. The molecule has 3 heterocycles. The SMILES string of the molecule is CCn1cnc2c(=O)n(-c3ccc(Cl)cc3)c(N(C)c3csc4ccc(Cl)cc34)nc21. The molecular formula is C22H17Cl2N5OS. The monoisotopic (exact) mass is 469 g/mol. The maximum atomic E-state index is 13.5. The van der Waals surface area contributed by atoms with Gasteiger partial charge in [0.05, 0.1) is 17.7 Å². The van der Waals surface area contributed by atoms with E-state index in [1.165, 1.54) is 0 Å². The van der Waals surface area contributed by atoms with Crippen molar-refractivity contribution in [3.05, 3.63) is 74.6 Å². The van der Waals surface area contributed by atoms with Gasteiger partial charge >= 0.3 is 0 Å². The van der Waals surface area contributed by atoms with Crippen LogP contribution in [-0.4, -0.2) is 26.1 Å². The molecule has 0 radical (unpaired) electrons. The Morgan fingerprint density at radius 1 is 1.10 bits per heavy atom. The zero-order chi connectivity index (χ0) is 21.7. The van der Waals surface area contributed by atoms with Crippen molar-refractivity contribution < 1.29 is 0 Å². The molecule has 0 bridgehead atoms. The minimum Gasteiger partial charge on any atom is -0.315 e. The van der Waals surface area contributed by atoms with Crippen LogP contribution in [0.4, 0.5) is 11.6 Å². The number of anilines is 2. The van der Waals surface area contributed by atoms with Gasteiger partial charge in [-0.25, -0.2) is 9.55 Å². The van der Waals surface area contributed by atoms with E-state index >= 15 is 0 Å². The van der Waals surface area contributed by atoms with Gasteiger partial charge < -0.3 is 9.47 Å². The fourth-order valence-corrected chi connectivity index (χ4v) is 4.88. The Labute approximate surface area is 191 Å². The Hall–Kier alpha value is -2.87. The molecule has 0 fully saturated rings. The van der Waals surface area contributed by atoms with Gasteiger partial charge in [0.2, 0.25) is 5.95 Å². The minimum atomic E-state index is -0.237. The standard InChI is InChI=1S/C22H17Cl2N5OS/c1-3-28-12-25-19-20(28)26-22(29(21(19)30)15-7-4-13(23)5-8-15)27(2)17-11-31-18-9-6-14(24)10-16(17)18/h4-12H,3H2,1-2H3. The third kappa shape index (κ3) is 3.29. The second kappa shape index (κ2) is 7.67. The molecule has 0 unspecified atom stereocenters. The Balaban J connectivity index is 1.81. The van der Waals surface area contributed by atoms with Crippen LogP contribution in [0, 0.1) is 0 Å². The smallest absolute Gasteiger partial charge is 0.287 e. The van der Waals surface area contributed by atoms with Crippen LogP contribution in [0.3, 0.4) is 0 Å². The van der Waals surface area contributed by atoms with Crippen LogP contribution in [-0.2, 0) is 6.54 Å². The lowest BCUT2D eigenvalue weighted by molar-refractivity contribution is 0.774. The summed E-state index contributed by atoms with van der Waals surface area (Å²) in [4.78, 5) is 24.6. The van der Waals surface area contributed by atoms with Crippen LogP contribution in [0.15, 0.2) is 59.0 Å². The van der Waals surface area contributed by atoms with Crippen molar-refractivity contribution in [2.45, 2.75) is 13.5 Å². The molecule has 3 aromatic heterocycles. The topological polar surface area (TPSA) is 56.0 Å². The zero-order valence-corrected chi connectivity index (χ0v) is 19.0. The van der Waals surface area contributed by atoms with Crippen LogP contribution in [0.25, 0.3) is 26.9 Å². The lowest BCUT2D eigenvalue weighted by atomic mass is 10.2. The van der Waals surface area contributed by atoms with Gasteiger partial charge in [-0.3, -0.25) is 4.79 Å². The van der Waals surface area contributed by atoms with Gasteiger partial charge in [0, 0.05) is 39.1 Å². The van der Waals surface area contributed by atoms with Crippen molar-refractivity contribution >= 4 is 67.4 Å². The average molecular weight is 470 g/mol. The zero-order valence-electron chi connectivity index (χ0n) is 16.7. The molecule has 31 heavy (non-hydrogen) atoms. The summed E-state index contributed by atoms with van der Waals surface area (Å²) in [5, 5.41) is 4.29. The first-order chi connectivity index (χ1) is 15.0. The molecular weight excluding hydrogens is 453 g/mol. The van der Waals surface area contributed by atoms with E-state index in [9.17, 15) is 4.79 Å². The van der Waals surface area contributed by atoms with E-state index in [1.807, 2.05) is 47.0 Å². The minimum absolute atomic E-state index is 0.237. The highest BCUT2D eigenvalue weighted by molar-refractivity contribution is 7.17. The molecule has 9 heteroatoms. The number of thiophene rings is 1. The lowest BCUT2D eigenvalue weighted by Crippen LogP contribution is -2.27. The first-order valence-corrected chi connectivity index (χ1v) is 11.3. The summed E-state index contributed by atoms with van der Waals surface area (Å²) in [6.45, 7) is 2.65.